The Morgan fingerprint density at radius 2 is 1.67 bits per heavy atom. The first-order valence-corrected chi connectivity index (χ1v) is 8.24. The Bertz CT molecular complexity index is 899. The molecule has 0 saturated heterocycles. The van der Waals surface area contributed by atoms with Crippen LogP contribution in [-0.2, 0) is 10.0 Å². The third-order valence-corrected chi connectivity index (χ3v) is 4.75. The second-order valence-corrected chi connectivity index (χ2v) is 7.05. The van der Waals surface area contributed by atoms with E-state index in [1.165, 1.54) is 18.2 Å². The summed E-state index contributed by atoms with van der Waals surface area (Å²) in [6.07, 6.45) is 1.79. The second-order valence-electron chi connectivity index (χ2n) is 4.49. The van der Waals surface area contributed by atoms with Crippen molar-refractivity contribution in [2.24, 2.45) is 0 Å². The van der Waals surface area contributed by atoms with Gasteiger partial charge in [0.2, 0.25) is 0 Å². The van der Waals surface area contributed by atoms with E-state index >= 15 is 0 Å². The van der Waals surface area contributed by atoms with Crippen molar-refractivity contribution in [2.45, 2.75) is 4.90 Å². The van der Waals surface area contributed by atoms with Gasteiger partial charge in [0.15, 0.2) is 0 Å². The molecule has 0 unspecified atom stereocenters. The van der Waals surface area contributed by atoms with Gasteiger partial charge in [-0.2, -0.15) is 0 Å². The molecule has 0 spiro atoms. The molecule has 0 atom stereocenters. The van der Waals surface area contributed by atoms with Crippen LogP contribution in [0.15, 0.2) is 53.6 Å². The van der Waals surface area contributed by atoms with Gasteiger partial charge in [-0.05, 0) is 42.5 Å². The van der Waals surface area contributed by atoms with Gasteiger partial charge in [0.1, 0.15) is 0 Å². The normalized spacial score (nSPS) is 11.7. The van der Waals surface area contributed by atoms with Crippen LogP contribution in [-0.4, -0.2) is 13.4 Å². The summed E-state index contributed by atoms with van der Waals surface area (Å²) in [5.41, 5.74) is 1.40. The Hall–Kier alpha value is -1.69. The zero-order valence-corrected chi connectivity index (χ0v) is 12.9. The van der Waals surface area contributed by atoms with Crippen LogP contribution in [0.1, 0.15) is 0 Å². The molecule has 0 saturated carbocycles. The van der Waals surface area contributed by atoms with E-state index in [0.29, 0.717) is 5.69 Å². The number of halogens is 2. The van der Waals surface area contributed by atoms with Crippen LogP contribution in [0, 0.1) is 0 Å². The number of hydrogen-bond donors (Lipinski definition) is 2. The van der Waals surface area contributed by atoms with Gasteiger partial charge in [-0.25, -0.2) is 8.42 Å². The maximum absolute atomic E-state index is 12.3. The number of sulfonamides is 1. The van der Waals surface area contributed by atoms with Crippen molar-refractivity contribution in [3.8, 4) is 0 Å². The second kappa shape index (κ2) is 5.26. The summed E-state index contributed by atoms with van der Waals surface area (Å²) >= 11 is 11.7. The van der Waals surface area contributed by atoms with E-state index in [1.54, 1.807) is 24.4 Å². The topological polar surface area (TPSA) is 62.0 Å². The zero-order valence-electron chi connectivity index (χ0n) is 10.6. The highest BCUT2D eigenvalue weighted by Gasteiger charge is 2.16. The fraction of sp³-hybridized carbons (Fsp3) is 0. The Labute approximate surface area is 131 Å². The molecule has 0 fully saturated rings. The van der Waals surface area contributed by atoms with E-state index in [2.05, 4.69) is 9.71 Å². The van der Waals surface area contributed by atoms with Crippen LogP contribution >= 0.6 is 23.2 Å². The molecule has 3 aromatic rings. The van der Waals surface area contributed by atoms with Gasteiger partial charge in [-0.15, -0.1) is 0 Å². The molecule has 2 aromatic carbocycles. The Kier molecular flexibility index (Phi) is 3.57. The average Bonchev–Trinajstić information content (AvgIpc) is 2.84. The van der Waals surface area contributed by atoms with Gasteiger partial charge in [0, 0.05) is 32.8 Å². The van der Waals surface area contributed by atoms with Crippen molar-refractivity contribution < 1.29 is 8.42 Å². The van der Waals surface area contributed by atoms with Gasteiger partial charge in [0.25, 0.3) is 10.0 Å². The predicted octanol–water partition coefficient (Wildman–Crippen LogP) is 4.28. The molecule has 0 bridgehead atoms. The quantitative estimate of drug-likeness (QED) is 0.747. The SMILES string of the molecule is O=S(=O)(Nc1ccc2[nH]ccc2c1)c1cc(Cl)cc(Cl)c1. The summed E-state index contributed by atoms with van der Waals surface area (Å²) in [7, 11) is -3.74. The molecule has 1 heterocycles. The van der Waals surface area contributed by atoms with Gasteiger partial charge in [-0.1, -0.05) is 23.2 Å². The van der Waals surface area contributed by atoms with E-state index in [1.807, 2.05) is 6.07 Å². The van der Waals surface area contributed by atoms with Gasteiger partial charge < -0.3 is 4.98 Å². The van der Waals surface area contributed by atoms with E-state index in [9.17, 15) is 8.42 Å². The zero-order chi connectivity index (χ0) is 15.0. The summed E-state index contributed by atoms with van der Waals surface area (Å²) in [5, 5.41) is 1.45. The minimum Gasteiger partial charge on any atom is -0.361 e. The summed E-state index contributed by atoms with van der Waals surface area (Å²) in [4.78, 5) is 3.07. The largest absolute Gasteiger partial charge is 0.361 e. The fourth-order valence-corrected chi connectivity index (χ4v) is 3.79. The van der Waals surface area contributed by atoms with Crippen LogP contribution in [0.5, 0.6) is 0 Å². The Morgan fingerprint density at radius 3 is 2.38 bits per heavy atom. The molecule has 3 rings (SSSR count). The molecule has 4 nitrogen and oxygen atoms in total. The third-order valence-electron chi connectivity index (χ3n) is 2.95. The van der Waals surface area contributed by atoms with E-state index in [4.69, 9.17) is 23.2 Å². The number of hydrogen-bond acceptors (Lipinski definition) is 2. The van der Waals surface area contributed by atoms with Gasteiger partial charge in [0.05, 0.1) is 4.90 Å². The molecule has 0 amide bonds. The van der Waals surface area contributed by atoms with E-state index in [-0.39, 0.29) is 14.9 Å². The van der Waals surface area contributed by atoms with Crippen molar-refractivity contribution in [3.05, 3.63) is 58.7 Å². The number of benzene rings is 2. The standard InChI is InChI=1S/C14H10Cl2N2O2S/c15-10-6-11(16)8-13(7-10)21(19,20)18-12-1-2-14-9(5-12)3-4-17-14/h1-8,17-18H. The maximum Gasteiger partial charge on any atom is 0.261 e. The molecule has 108 valence electrons. The molecule has 2 N–H and O–H groups in total. The number of aromatic nitrogens is 1. The predicted molar refractivity (Wildman–Crippen MR) is 85.6 cm³/mol. The first-order chi connectivity index (χ1) is 9.94. The molecule has 7 heteroatoms. The Balaban J connectivity index is 1.98. The summed E-state index contributed by atoms with van der Waals surface area (Å²) < 4.78 is 27.2. The Morgan fingerprint density at radius 1 is 0.952 bits per heavy atom. The summed E-state index contributed by atoms with van der Waals surface area (Å²) in [6, 6.07) is 11.3. The number of aromatic amines is 1. The minimum absolute atomic E-state index is 0.0224. The minimum atomic E-state index is -3.74. The molecule has 21 heavy (non-hydrogen) atoms. The number of H-pyrrole nitrogens is 1. The van der Waals surface area contributed by atoms with Crippen molar-refractivity contribution in [3.63, 3.8) is 0 Å². The number of nitrogens with one attached hydrogen (secondary N) is 2. The number of fused-ring (bicyclic) bond motifs is 1. The van der Waals surface area contributed by atoms with Gasteiger partial charge >= 0.3 is 0 Å². The average molecular weight is 341 g/mol. The lowest BCUT2D eigenvalue weighted by Gasteiger charge is -2.09. The fourth-order valence-electron chi connectivity index (χ4n) is 2.01. The highest BCUT2D eigenvalue weighted by Crippen LogP contribution is 2.25. The molecule has 1 aromatic heterocycles. The van der Waals surface area contributed by atoms with Crippen LogP contribution < -0.4 is 4.72 Å². The smallest absolute Gasteiger partial charge is 0.261 e. The van der Waals surface area contributed by atoms with Crippen LogP contribution in [0.4, 0.5) is 5.69 Å². The molecular formula is C14H10Cl2N2O2S. The molecule has 0 aliphatic heterocycles. The van der Waals surface area contributed by atoms with Crippen molar-refractivity contribution in [1.82, 2.24) is 4.98 Å². The summed E-state index contributed by atoms with van der Waals surface area (Å²) in [6.45, 7) is 0. The molecule has 0 aliphatic carbocycles. The van der Waals surface area contributed by atoms with Gasteiger partial charge in [-0.3, -0.25) is 4.72 Å². The lowest BCUT2D eigenvalue weighted by Crippen LogP contribution is -2.12. The van der Waals surface area contributed by atoms with Crippen LogP contribution in [0.2, 0.25) is 10.0 Å². The monoisotopic (exact) mass is 340 g/mol. The highest BCUT2D eigenvalue weighted by atomic mass is 35.5. The lowest BCUT2D eigenvalue weighted by molar-refractivity contribution is 0.601. The van der Waals surface area contributed by atoms with E-state index < -0.39 is 10.0 Å². The molecule has 0 radical (unpaired) electrons. The highest BCUT2D eigenvalue weighted by molar-refractivity contribution is 7.92. The van der Waals surface area contributed by atoms with Crippen LogP contribution in [0.3, 0.4) is 0 Å². The van der Waals surface area contributed by atoms with Crippen molar-refractivity contribution in [1.29, 1.82) is 0 Å². The first kappa shape index (κ1) is 14.3. The van der Waals surface area contributed by atoms with Crippen molar-refractivity contribution in [2.75, 3.05) is 4.72 Å². The maximum atomic E-state index is 12.3. The number of rotatable bonds is 3. The third kappa shape index (κ3) is 3.00. The lowest BCUT2D eigenvalue weighted by atomic mass is 10.2. The molecule has 0 aliphatic rings. The molecular weight excluding hydrogens is 331 g/mol. The van der Waals surface area contributed by atoms with Crippen LogP contribution in [0.25, 0.3) is 10.9 Å². The van der Waals surface area contributed by atoms with E-state index in [0.717, 1.165) is 10.9 Å². The number of anilines is 1. The first-order valence-electron chi connectivity index (χ1n) is 6.00. The van der Waals surface area contributed by atoms with Crippen molar-refractivity contribution >= 4 is 49.8 Å². The summed E-state index contributed by atoms with van der Waals surface area (Å²) in [5.74, 6) is 0.